The first-order chi connectivity index (χ1) is 8.80. The monoisotopic (exact) mass is 306 g/mol. The van der Waals surface area contributed by atoms with Crippen LogP contribution in [0.2, 0.25) is 5.02 Å². The molecule has 0 radical (unpaired) electrons. The van der Waals surface area contributed by atoms with Crippen LogP contribution in [0.5, 0.6) is 0 Å². The third-order valence-electron chi connectivity index (χ3n) is 2.24. The molecule has 0 aliphatic heterocycles. The highest BCUT2D eigenvalue weighted by Gasteiger charge is 2.31. The number of aromatic nitrogens is 3. The van der Waals surface area contributed by atoms with Crippen molar-refractivity contribution in [3.63, 3.8) is 0 Å². The molecule has 100 valence electrons. The lowest BCUT2D eigenvalue weighted by molar-refractivity contribution is -0.137. The maximum atomic E-state index is 12.5. The zero-order chi connectivity index (χ0) is 14.2. The van der Waals surface area contributed by atoms with E-state index in [1.807, 2.05) is 0 Å². The van der Waals surface area contributed by atoms with E-state index < -0.39 is 11.7 Å². The Morgan fingerprint density at radius 1 is 1.37 bits per heavy atom. The first-order valence-corrected chi connectivity index (χ1v) is 5.65. The number of pyridine rings is 1. The minimum Gasteiger partial charge on any atom is -0.387 e. The van der Waals surface area contributed by atoms with Crippen LogP contribution in [0, 0.1) is 0 Å². The van der Waals surface area contributed by atoms with Crippen LogP contribution in [0.4, 0.5) is 13.2 Å². The summed E-state index contributed by atoms with van der Waals surface area (Å²) in [6.07, 6.45) is -0.971. The molecule has 0 fully saturated rings. The SMILES string of the molecule is NC(=S)c1nccn1-c1ncc(C(F)(F)F)cc1Cl. The van der Waals surface area contributed by atoms with Crippen LogP contribution in [0.1, 0.15) is 11.4 Å². The second kappa shape index (κ2) is 4.78. The number of thiocarbonyl (C=S) groups is 1. The molecule has 2 aromatic rings. The van der Waals surface area contributed by atoms with Crippen LogP contribution < -0.4 is 5.73 Å². The van der Waals surface area contributed by atoms with E-state index in [4.69, 9.17) is 29.6 Å². The molecular formula is C10H6ClF3N4S. The second-order valence-corrected chi connectivity index (χ2v) is 4.36. The van der Waals surface area contributed by atoms with Gasteiger partial charge in [0, 0.05) is 18.6 Å². The van der Waals surface area contributed by atoms with Gasteiger partial charge < -0.3 is 5.73 Å². The molecule has 19 heavy (non-hydrogen) atoms. The summed E-state index contributed by atoms with van der Waals surface area (Å²) in [7, 11) is 0. The summed E-state index contributed by atoms with van der Waals surface area (Å²) in [5, 5.41) is -0.176. The molecule has 0 bridgehead atoms. The first kappa shape index (κ1) is 13.8. The van der Waals surface area contributed by atoms with Crippen LogP contribution in [0.25, 0.3) is 5.82 Å². The molecular weight excluding hydrogens is 301 g/mol. The number of nitrogens with two attached hydrogens (primary N) is 1. The summed E-state index contributed by atoms with van der Waals surface area (Å²) in [5.74, 6) is 0.277. The van der Waals surface area contributed by atoms with Crippen molar-refractivity contribution >= 4 is 28.8 Å². The normalized spacial score (nSPS) is 11.6. The van der Waals surface area contributed by atoms with Gasteiger partial charge >= 0.3 is 6.18 Å². The van der Waals surface area contributed by atoms with Gasteiger partial charge in [0.05, 0.1) is 10.6 Å². The Balaban J connectivity index is 2.53. The number of nitrogens with zero attached hydrogens (tertiary/aromatic N) is 3. The van der Waals surface area contributed by atoms with E-state index in [-0.39, 0.29) is 21.7 Å². The van der Waals surface area contributed by atoms with E-state index in [1.54, 1.807) is 0 Å². The highest BCUT2D eigenvalue weighted by Crippen LogP contribution is 2.32. The van der Waals surface area contributed by atoms with E-state index >= 15 is 0 Å². The van der Waals surface area contributed by atoms with Crippen molar-refractivity contribution < 1.29 is 13.2 Å². The number of rotatable bonds is 2. The number of hydrogen-bond donors (Lipinski definition) is 1. The molecule has 0 saturated heterocycles. The smallest absolute Gasteiger partial charge is 0.387 e. The molecule has 2 heterocycles. The van der Waals surface area contributed by atoms with Crippen LogP contribution >= 0.6 is 23.8 Å². The maximum absolute atomic E-state index is 12.5. The van der Waals surface area contributed by atoms with Gasteiger partial charge in [0.2, 0.25) is 0 Å². The van der Waals surface area contributed by atoms with Crippen molar-refractivity contribution in [1.82, 2.24) is 14.5 Å². The Hall–Kier alpha value is -1.67. The van der Waals surface area contributed by atoms with Gasteiger partial charge in [0.1, 0.15) is 4.99 Å². The third-order valence-corrected chi connectivity index (χ3v) is 2.70. The maximum Gasteiger partial charge on any atom is 0.417 e. The van der Waals surface area contributed by atoms with Gasteiger partial charge in [-0.2, -0.15) is 13.2 Å². The molecule has 9 heteroatoms. The summed E-state index contributed by atoms with van der Waals surface area (Å²) in [6.45, 7) is 0. The molecule has 2 rings (SSSR count). The largest absolute Gasteiger partial charge is 0.417 e. The minimum atomic E-state index is -4.50. The van der Waals surface area contributed by atoms with Gasteiger partial charge in [-0.05, 0) is 6.07 Å². The van der Waals surface area contributed by atoms with Gasteiger partial charge in [-0.1, -0.05) is 23.8 Å². The molecule has 2 N–H and O–H groups in total. The molecule has 0 spiro atoms. The van der Waals surface area contributed by atoms with Crippen LogP contribution in [0.3, 0.4) is 0 Å². The number of halogens is 4. The number of alkyl halides is 3. The highest BCUT2D eigenvalue weighted by molar-refractivity contribution is 7.80. The predicted molar refractivity (Wildman–Crippen MR) is 67.3 cm³/mol. The fraction of sp³-hybridized carbons (Fsp3) is 0.100. The average molecular weight is 307 g/mol. The fourth-order valence-corrected chi connectivity index (χ4v) is 1.83. The quantitative estimate of drug-likeness (QED) is 0.866. The lowest BCUT2D eigenvalue weighted by Gasteiger charge is -2.11. The van der Waals surface area contributed by atoms with Gasteiger partial charge in [-0.25, -0.2) is 9.97 Å². The zero-order valence-electron chi connectivity index (χ0n) is 9.15. The molecule has 0 aliphatic rings. The standard InChI is InChI=1S/C10H6ClF3N4S/c11-6-3-5(10(12,13)14)4-17-8(6)18-2-1-16-9(18)7(15)19/h1-4H,(H2,15,19). The lowest BCUT2D eigenvalue weighted by atomic mass is 10.3. The van der Waals surface area contributed by atoms with Crippen molar-refractivity contribution in [3.8, 4) is 5.82 Å². The highest BCUT2D eigenvalue weighted by atomic mass is 35.5. The lowest BCUT2D eigenvalue weighted by Crippen LogP contribution is -2.17. The van der Waals surface area contributed by atoms with Crippen molar-refractivity contribution in [2.24, 2.45) is 5.73 Å². The summed E-state index contributed by atoms with van der Waals surface area (Å²) >= 11 is 10.6. The van der Waals surface area contributed by atoms with Crippen molar-refractivity contribution in [2.75, 3.05) is 0 Å². The molecule has 2 aromatic heterocycles. The fourth-order valence-electron chi connectivity index (χ4n) is 1.42. The number of hydrogen-bond acceptors (Lipinski definition) is 3. The van der Waals surface area contributed by atoms with E-state index in [0.717, 1.165) is 6.07 Å². The predicted octanol–water partition coefficient (Wildman–Crippen LogP) is 2.57. The van der Waals surface area contributed by atoms with E-state index in [0.29, 0.717) is 6.20 Å². The average Bonchev–Trinajstić information content (AvgIpc) is 2.76. The minimum absolute atomic E-state index is 0.0113. The number of imidazole rings is 1. The van der Waals surface area contributed by atoms with Gasteiger partial charge in [-0.3, -0.25) is 4.57 Å². The summed E-state index contributed by atoms with van der Waals surface area (Å²) < 4.78 is 38.8. The third kappa shape index (κ3) is 2.69. The Labute approximate surface area is 116 Å². The summed E-state index contributed by atoms with van der Waals surface area (Å²) in [5.41, 5.74) is 4.51. The van der Waals surface area contributed by atoms with E-state index in [2.05, 4.69) is 9.97 Å². The van der Waals surface area contributed by atoms with Gasteiger partial charge in [0.15, 0.2) is 11.6 Å². The molecule has 0 unspecified atom stereocenters. The Bertz CT molecular complexity index is 638. The van der Waals surface area contributed by atoms with Crippen molar-refractivity contribution in [3.05, 3.63) is 41.1 Å². The molecule has 0 amide bonds. The van der Waals surface area contributed by atoms with Crippen LogP contribution in [-0.4, -0.2) is 19.5 Å². The zero-order valence-corrected chi connectivity index (χ0v) is 10.7. The van der Waals surface area contributed by atoms with Crippen LogP contribution in [-0.2, 0) is 6.18 Å². The Morgan fingerprint density at radius 2 is 2.05 bits per heavy atom. The van der Waals surface area contributed by atoms with Gasteiger partial charge in [-0.15, -0.1) is 0 Å². The molecule has 0 atom stereocenters. The van der Waals surface area contributed by atoms with Gasteiger partial charge in [0.25, 0.3) is 0 Å². The molecule has 4 nitrogen and oxygen atoms in total. The van der Waals surface area contributed by atoms with Crippen molar-refractivity contribution in [2.45, 2.75) is 6.18 Å². The topological polar surface area (TPSA) is 56.7 Å². The Kier molecular flexibility index (Phi) is 3.46. The Morgan fingerprint density at radius 3 is 2.58 bits per heavy atom. The van der Waals surface area contributed by atoms with Crippen LogP contribution in [0.15, 0.2) is 24.7 Å². The molecule has 0 aromatic carbocycles. The molecule has 0 aliphatic carbocycles. The first-order valence-electron chi connectivity index (χ1n) is 4.87. The van der Waals surface area contributed by atoms with E-state index in [1.165, 1.54) is 17.0 Å². The van der Waals surface area contributed by atoms with E-state index in [9.17, 15) is 13.2 Å². The van der Waals surface area contributed by atoms with Crippen molar-refractivity contribution in [1.29, 1.82) is 0 Å². The molecule has 0 saturated carbocycles. The summed E-state index contributed by atoms with van der Waals surface area (Å²) in [6, 6.07) is 0.785. The summed E-state index contributed by atoms with van der Waals surface area (Å²) in [4.78, 5) is 7.55. The second-order valence-electron chi connectivity index (χ2n) is 3.51.